The third kappa shape index (κ3) is 5.68. The molecule has 0 radical (unpaired) electrons. The Morgan fingerprint density at radius 1 is 1.35 bits per heavy atom. The van der Waals surface area contributed by atoms with E-state index in [-0.39, 0.29) is 18.4 Å². The van der Waals surface area contributed by atoms with E-state index in [0.29, 0.717) is 32.0 Å². The van der Waals surface area contributed by atoms with Crippen LogP contribution in [0.3, 0.4) is 0 Å². The first-order valence-corrected chi connectivity index (χ1v) is 6.22. The van der Waals surface area contributed by atoms with Gasteiger partial charge < -0.3 is 15.0 Å². The lowest BCUT2D eigenvalue weighted by Crippen LogP contribution is -2.37. The fourth-order valence-corrected chi connectivity index (χ4v) is 1.57. The van der Waals surface area contributed by atoms with Crippen molar-refractivity contribution in [2.75, 3.05) is 32.8 Å². The minimum atomic E-state index is -0.0541. The molecule has 1 aliphatic heterocycles. The van der Waals surface area contributed by atoms with Crippen molar-refractivity contribution in [3.63, 3.8) is 0 Å². The summed E-state index contributed by atoms with van der Waals surface area (Å²) < 4.78 is 5.46. The number of ether oxygens (including phenoxy) is 1. The van der Waals surface area contributed by atoms with E-state index in [0.717, 1.165) is 13.0 Å². The minimum absolute atomic E-state index is 0.0247. The summed E-state index contributed by atoms with van der Waals surface area (Å²) in [5.41, 5.74) is 0. The van der Waals surface area contributed by atoms with Gasteiger partial charge >= 0.3 is 0 Å². The van der Waals surface area contributed by atoms with E-state index in [2.05, 4.69) is 19.2 Å². The SMILES string of the molecule is CC(C)CCOCCN1CCC(=O)NCC1=O. The smallest absolute Gasteiger partial charge is 0.242 e. The van der Waals surface area contributed by atoms with Gasteiger partial charge in [0.2, 0.25) is 11.8 Å². The summed E-state index contributed by atoms with van der Waals surface area (Å²) in [6.07, 6.45) is 1.42. The average Bonchev–Trinajstić information content (AvgIpc) is 2.43. The van der Waals surface area contributed by atoms with Gasteiger partial charge in [-0.3, -0.25) is 9.59 Å². The second-order valence-electron chi connectivity index (χ2n) is 4.70. The lowest BCUT2D eigenvalue weighted by atomic mass is 10.1. The van der Waals surface area contributed by atoms with Gasteiger partial charge in [0.05, 0.1) is 13.2 Å². The molecule has 1 aliphatic rings. The minimum Gasteiger partial charge on any atom is -0.380 e. The van der Waals surface area contributed by atoms with Crippen LogP contribution in [0.4, 0.5) is 0 Å². The third-order valence-corrected chi connectivity index (χ3v) is 2.74. The first-order valence-electron chi connectivity index (χ1n) is 6.22. The second-order valence-corrected chi connectivity index (χ2v) is 4.70. The van der Waals surface area contributed by atoms with Crippen molar-refractivity contribution in [1.29, 1.82) is 0 Å². The van der Waals surface area contributed by atoms with Gasteiger partial charge in [0.1, 0.15) is 0 Å². The molecule has 1 saturated heterocycles. The highest BCUT2D eigenvalue weighted by molar-refractivity contribution is 5.87. The third-order valence-electron chi connectivity index (χ3n) is 2.74. The molecular formula is C12H22N2O3. The van der Waals surface area contributed by atoms with Crippen molar-refractivity contribution >= 4 is 11.8 Å². The molecule has 0 aromatic carbocycles. The number of carbonyl (C=O) groups is 2. The van der Waals surface area contributed by atoms with E-state index in [1.165, 1.54) is 0 Å². The second kappa shape index (κ2) is 7.27. The molecule has 5 heteroatoms. The Morgan fingerprint density at radius 2 is 2.12 bits per heavy atom. The predicted octanol–water partition coefficient (Wildman–Crippen LogP) is 0.398. The van der Waals surface area contributed by atoms with Gasteiger partial charge in [0, 0.05) is 26.1 Å². The van der Waals surface area contributed by atoms with Gasteiger partial charge in [0.15, 0.2) is 0 Å². The molecule has 0 aliphatic carbocycles. The molecule has 0 bridgehead atoms. The fraction of sp³-hybridized carbons (Fsp3) is 0.833. The zero-order valence-corrected chi connectivity index (χ0v) is 10.7. The van der Waals surface area contributed by atoms with Crippen LogP contribution in [-0.4, -0.2) is 49.6 Å². The van der Waals surface area contributed by atoms with E-state index in [4.69, 9.17) is 4.74 Å². The topological polar surface area (TPSA) is 58.6 Å². The number of rotatable bonds is 6. The van der Waals surface area contributed by atoms with E-state index >= 15 is 0 Å². The van der Waals surface area contributed by atoms with Crippen LogP contribution >= 0.6 is 0 Å². The Kier molecular flexibility index (Phi) is 5.97. The predicted molar refractivity (Wildman–Crippen MR) is 64.5 cm³/mol. The molecule has 1 N–H and O–H groups in total. The molecule has 98 valence electrons. The summed E-state index contributed by atoms with van der Waals surface area (Å²) in [5, 5.41) is 2.57. The first kappa shape index (κ1) is 14.0. The van der Waals surface area contributed by atoms with Crippen molar-refractivity contribution in [2.45, 2.75) is 26.7 Å². The summed E-state index contributed by atoms with van der Waals surface area (Å²) >= 11 is 0. The van der Waals surface area contributed by atoms with Crippen LogP contribution < -0.4 is 5.32 Å². The molecule has 17 heavy (non-hydrogen) atoms. The molecule has 1 rings (SSSR count). The molecule has 2 amide bonds. The molecule has 0 aromatic rings. The monoisotopic (exact) mass is 242 g/mol. The number of nitrogens with zero attached hydrogens (tertiary/aromatic N) is 1. The zero-order valence-electron chi connectivity index (χ0n) is 10.7. The van der Waals surface area contributed by atoms with E-state index < -0.39 is 0 Å². The van der Waals surface area contributed by atoms with Crippen LogP contribution in [0.15, 0.2) is 0 Å². The van der Waals surface area contributed by atoms with Crippen molar-refractivity contribution in [3.8, 4) is 0 Å². The quantitative estimate of drug-likeness (QED) is 0.686. The highest BCUT2D eigenvalue weighted by Gasteiger charge is 2.19. The summed E-state index contributed by atoms with van der Waals surface area (Å²) in [4.78, 5) is 24.4. The van der Waals surface area contributed by atoms with Gasteiger partial charge in [-0.15, -0.1) is 0 Å². The number of carbonyl (C=O) groups excluding carboxylic acids is 2. The summed E-state index contributed by atoms with van der Waals surface area (Å²) in [5.74, 6) is 0.557. The largest absolute Gasteiger partial charge is 0.380 e. The number of hydrogen-bond acceptors (Lipinski definition) is 3. The van der Waals surface area contributed by atoms with Crippen LogP contribution in [0.2, 0.25) is 0 Å². The maximum absolute atomic E-state index is 11.6. The number of hydrogen-bond donors (Lipinski definition) is 1. The van der Waals surface area contributed by atoms with Gasteiger partial charge in [-0.2, -0.15) is 0 Å². The van der Waals surface area contributed by atoms with Crippen LogP contribution in [0, 0.1) is 5.92 Å². The van der Waals surface area contributed by atoms with Crippen LogP contribution in [0.1, 0.15) is 26.7 Å². The highest BCUT2D eigenvalue weighted by Crippen LogP contribution is 2.00. The molecular weight excluding hydrogens is 220 g/mol. The summed E-state index contributed by atoms with van der Waals surface area (Å²) in [6.45, 7) is 6.77. The number of amides is 2. The Balaban J connectivity index is 2.16. The maximum Gasteiger partial charge on any atom is 0.242 e. The van der Waals surface area contributed by atoms with Gasteiger partial charge in [-0.25, -0.2) is 0 Å². The number of nitrogens with one attached hydrogen (secondary N) is 1. The van der Waals surface area contributed by atoms with Crippen molar-refractivity contribution in [3.05, 3.63) is 0 Å². The molecule has 5 nitrogen and oxygen atoms in total. The van der Waals surface area contributed by atoms with Crippen LogP contribution in [0.5, 0.6) is 0 Å². The lowest BCUT2D eigenvalue weighted by Gasteiger charge is -2.19. The highest BCUT2D eigenvalue weighted by atomic mass is 16.5. The summed E-state index contributed by atoms with van der Waals surface area (Å²) in [6, 6.07) is 0. The van der Waals surface area contributed by atoms with E-state index in [1.54, 1.807) is 4.90 Å². The van der Waals surface area contributed by atoms with Gasteiger partial charge in [-0.1, -0.05) is 13.8 Å². The molecule has 0 unspecified atom stereocenters. The van der Waals surface area contributed by atoms with Crippen molar-refractivity contribution in [2.24, 2.45) is 5.92 Å². The Labute approximate surface area is 102 Å². The van der Waals surface area contributed by atoms with Crippen LogP contribution in [0.25, 0.3) is 0 Å². The zero-order chi connectivity index (χ0) is 12.7. The molecule has 0 atom stereocenters. The standard InChI is InChI=1S/C12H22N2O3/c1-10(2)4-7-17-8-6-14-5-3-11(15)13-9-12(14)16/h10H,3-9H2,1-2H3,(H,13,15). The molecule has 1 fully saturated rings. The summed E-state index contributed by atoms with van der Waals surface area (Å²) in [7, 11) is 0. The fourth-order valence-electron chi connectivity index (χ4n) is 1.57. The van der Waals surface area contributed by atoms with Crippen LogP contribution in [-0.2, 0) is 14.3 Å². The molecule has 0 aromatic heterocycles. The average molecular weight is 242 g/mol. The van der Waals surface area contributed by atoms with E-state index in [9.17, 15) is 9.59 Å². The van der Waals surface area contributed by atoms with Crippen molar-refractivity contribution in [1.82, 2.24) is 10.2 Å². The normalized spacial score (nSPS) is 17.2. The Bertz CT molecular complexity index is 266. The lowest BCUT2D eigenvalue weighted by molar-refractivity contribution is -0.130. The molecule has 0 saturated carbocycles. The molecule has 0 spiro atoms. The first-order chi connectivity index (χ1) is 8.09. The van der Waals surface area contributed by atoms with Gasteiger partial charge in [0.25, 0.3) is 0 Å². The maximum atomic E-state index is 11.6. The molecule has 1 heterocycles. The van der Waals surface area contributed by atoms with E-state index in [1.807, 2.05) is 0 Å². The van der Waals surface area contributed by atoms with Gasteiger partial charge in [-0.05, 0) is 12.3 Å². The Hall–Kier alpha value is -1.10. The van der Waals surface area contributed by atoms with Crippen molar-refractivity contribution < 1.29 is 14.3 Å². The Morgan fingerprint density at radius 3 is 2.82 bits per heavy atom.